The van der Waals surface area contributed by atoms with E-state index in [2.05, 4.69) is 0 Å². The normalized spacial score (nSPS) is 15.0. The zero-order valence-electron chi connectivity index (χ0n) is 17.8. The van der Waals surface area contributed by atoms with Crippen LogP contribution in [-0.4, -0.2) is 76.6 Å². The van der Waals surface area contributed by atoms with E-state index in [1.54, 1.807) is 35.2 Å². The van der Waals surface area contributed by atoms with Gasteiger partial charge in [0, 0.05) is 32.8 Å². The summed E-state index contributed by atoms with van der Waals surface area (Å²) in [6, 6.07) is 13.4. The van der Waals surface area contributed by atoms with Crippen molar-refractivity contribution in [2.45, 2.75) is 11.8 Å². The molecule has 0 N–H and O–H groups in total. The van der Waals surface area contributed by atoms with Gasteiger partial charge in [-0.3, -0.25) is 4.79 Å². The second-order valence-electron chi connectivity index (χ2n) is 6.91. The molecule has 1 fully saturated rings. The number of carbonyl (C=O) groups is 1. The van der Waals surface area contributed by atoms with E-state index in [1.165, 1.54) is 23.5 Å². The molecule has 0 spiro atoms. The third-order valence-electron chi connectivity index (χ3n) is 5.03. The molecule has 1 amide bonds. The van der Waals surface area contributed by atoms with Crippen molar-refractivity contribution in [1.29, 1.82) is 0 Å². The van der Waals surface area contributed by atoms with Gasteiger partial charge in [0.05, 0.1) is 24.2 Å². The summed E-state index contributed by atoms with van der Waals surface area (Å²) in [5.41, 5.74) is 0.463. The van der Waals surface area contributed by atoms with Gasteiger partial charge in [-0.2, -0.15) is 4.31 Å². The van der Waals surface area contributed by atoms with Gasteiger partial charge in [0.15, 0.2) is 0 Å². The summed E-state index contributed by atoms with van der Waals surface area (Å²) in [7, 11) is -2.10. The first kappa shape index (κ1) is 23.1. The van der Waals surface area contributed by atoms with Gasteiger partial charge in [-0.25, -0.2) is 8.42 Å². The Morgan fingerprint density at radius 2 is 1.65 bits per heavy atom. The van der Waals surface area contributed by atoms with Crippen LogP contribution in [0.1, 0.15) is 17.3 Å². The third kappa shape index (κ3) is 5.55. The second kappa shape index (κ2) is 10.6. The Hall–Kier alpha value is -2.62. The number of carbonyl (C=O) groups excluding carboxylic acids is 1. The number of hydrogen-bond acceptors (Lipinski definition) is 6. The summed E-state index contributed by atoms with van der Waals surface area (Å²) < 4.78 is 43.3. The van der Waals surface area contributed by atoms with Crippen molar-refractivity contribution in [2.24, 2.45) is 0 Å². The summed E-state index contributed by atoms with van der Waals surface area (Å²) in [6.45, 7) is 4.39. The minimum atomic E-state index is -3.63. The topological polar surface area (TPSA) is 85.4 Å². The van der Waals surface area contributed by atoms with Gasteiger partial charge in [0.25, 0.3) is 5.91 Å². The molecule has 0 bridgehead atoms. The van der Waals surface area contributed by atoms with Crippen molar-refractivity contribution in [1.82, 2.24) is 9.21 Å². The maximum atomic E-state index is 13.0. The number of nitrogens with zero attached hydrogens (tertiary/aromatic N) is 2. The van der Waals surface area contributed by atoms with Gasteiger partial charge in [-0.05, 0) is 43.3 Å². The molecule has 0 unspecified atom stereocenters. The number of amides is 1. The van der Waals surface area contributed by atoms with Crippen molar-refractivity contribution >= 4 is 15.9 Å². The van der Waals surface area contributed by atoms with E-state index in [1.807, 2.05) is 13.0 Å². The van der Waals surface area contributed by atoms with Gasteiger partial charge >= 0.3 is 0 Å². The molecule has 0 radical (unpaired) electrons. The zero-order chi connectivity index (χ0) is 22.3. The van der Waals surface area contributed by atoms with E-state index >= 15 is 0 Å². The molecule has 1 saturated heterocycles. The summed E-state index contributed by atoms with van der Waals surface area (Å²) in [5, 5.41) is 0. The SMILES string of the molecule is CCOCCOc1ccccc1C(=O)N1CCN(S(=O)(=O)c2ccc(OC)cc2)CC1. The predicted molar refractivity (Wildman–Crippen MR) is 116 cm³/mol. The Morgan fingerprint density at radius 1 is 0.968 bits per heavy atom. The molecule has 2 aromatic rings. The van der Waals surface area contributed by atoms with Crippen molar-refractivity contribution in [3.8, 4) is 11.5 Å². The Bertz CT molecular complexity index is 970. The molecule has 8 nitrogen and oxygen atoms in total. The monoisotopic (exact) mass is 448 g/mol. The minimum Gasteiger partial charge on any atom is -0.497 e. The summed E-state index contributed by atoms with van der Waals surface area (Å²) in [6.07, 6.45) is 0. The molecule has 168 valence electrons. The summed E-state index contributed by atoms with van der Waals surface area (Å²) >= 11 is 0. The highest BCUT2D eigenvalue weighted by atomic mass is 32.2. The average molecular weight is 449 g/mol. The van der Waals surface area contributed by atoms with Crippen LogP contribution in [0.2, 0.25) is 0 Å². The first-order chi connectivity index (χ1) is 15.0. The molecule has 2 aromatic carbocycles. The molecule has 0 saturated carbocycles. The average Bonchev–Trinajstić information content (AvgIpc) is 2.82. The highest BCUT2D eigenvalue weighted by Gasteiger charge is 2.31. The Morgan fingerprint density at radius 3 is 2.29 bits per heavy atom. The Kier molecular flexibility index (Phi) is 7.89. The van der Waals surface area contributed by atoms with Crippen LogP contribution < -0.4 is 9.47 Å². The molecule has 3 rings (SSSR count). The fraction of sp³-hybridized carbons (Fsp3) is 0.409. The molecule has 0 aliphatic carbocycles. The van der Waals surface area contributed by atoms with Crippen LogP contribution >= 0.6 is 0 Å². The standard InChI is InChI=1S/C22H28N2O6S/c1-3-29-16-17-30-21-7-5-4-6-20(21)22(25)23-12-14-24(15-13-23)31(26,27)19-10-8-18(28-2)9-11-19/h4-11H,3,12-17H2,1-2H3. The van der Waals surface area contributed by atoms with Gasteiger partial charge in [-0.15, -0.1) is 0 Å². The van der Waals surface area contributed by atoms with E-state index in [4.69, 9.17) is 14.2 Å². The quantitative estimate of drug-likeness (QED) is 0.547. The second-order valence-corrected chi connectivity index (χ2v) is 8.85. The number of para-hydroxylation sites is 1. The number of sulfonamides is 1. The number of hydrogen-bond donors (Lipinski definition) is 0. The number of methoxy groups -OCH3 is 1. The van der Waals surface area contributed by atoms with Gasteiger partial charge < -0.3 is 19.1 Å². The van der Waals surface area contributed by atoms with Crippen LogP contribution in [0.3, 0.4) is 0 Å². The van der Waals surface area contributed by atoms with Crippen LogP contribution in [0.5, 0.6) is 11.5 Å². The number of piperazine rings is 1. The lowest BCUT2D eigenvalue weighted by molar-refractivity contribution is 0.0688. The molecule has 0 aromatic heterocycles. The lowest BCUT2D eigenvalue weighted by Crippen LogP contribution is -2.50. The van der Waals surface area contributed by atoms with E-state index in [-0.39, 0.29) is 23.9 Å². The smallest absolute Gasteiger partial charge is 0.257 e. The number of ether oxygens (including phenoxy) is 3. The van der Waals surface area contributed by atoms with Gasteiger partial charge in [0.2, 0.25) is 10.0 Å². The lowest BCUT2D eigenvalue weighted by atomic mass is 10.1. The molecule has 9 heteroatoms. The van der Waals surface area contributed by atoms with Crippen molar-refractivity contribution < 1.29 is 27.4 Å². The molecule has 0 atom stereocenters. The van der Waals surface area contributed by atoms with Crippen LogP contribution in [0.4, 0.5) is 0 Å². The maximum Gasteiger partial charge on any atom is 0.257 e. The maximum absolute atomic E-state index is 13.0. The Balaban J connectivity index is 1.63. The van der Waals surface area contributed by atoms with E-state index in [0.717, 1.165) is 0 Å². The zero-order valence-corrected chi connectivity index (χ0v) is 18.6. The van der Waals surface area contributed by atoms with E-state index in [9.17, 15) is 13.2 Å². The number of benzene rings is 2. The largest absolute Gasteiger partial charge is 0.497 e. The third-order valence-corrected chi connectivity index (χ3v) is 6.94. The summed E-state index contributed by atoms with van der Waals surface area (Å²) in [4.78, 5) is 14.9. The van der Waals surface area contributed by atoms with E-state index in [0.29, 0.717) is 50.0 Å². The van der Waals surface area contributed by atoms with Crippen molar-refractivity contribution in [3.05, 3.63) is 54.1 Å². The van der Waals surface area contributed by atoms with Crippen LogP contribution in [0.25, 0.3) is 0 Å². The molecule has 1 aliphatic heterocycles. The molecular weight excluding hydrogens is 420 g/mol. The highest BCUT2D eigenvalue weighted by Crippen LogP contribution is 2.23. The first-order valence-corrected chi connectivity index (χ1v) is 11.6. The van der Waals surface area contributed by atoms with Crippen LogP contribution in [0.15, 0.2) is 53.4 Å². The van der Waals surface area contributed by atoms with Crippen molar-refractivity contribution in [2.75, 3.05) is 53.1 Å². The summed E-state index contributed by atoms with van der Waals surface area (Å²) in [5.74, 6) is 0.922. The highest BCUT2D eigenvalue weighted by molar-refractivity contribution is 7.89. The Labute approximate surface area is 183 Å². The van der Waals surface area contributed by atoms with Crippen LogP contribution in [0, 0.1) is 0 Å². The number of rotatable bonds is 9. The fourth-order valence-electron chi connectivity index (χ4n) is 3.32. The molecule has 1 heterocycles. The first-order valence-electron chi connectivity index (χ1n) is 10.2. The van der Waals surface area contributed by atoms with Crippen molar-refractivity contribution in [3.63, 3.8) is 0 Å². The minimum absolute atomic E-state index is 0.173. The molecule has 31 heavy (non-hydrogen) atoms. The van der Waals surface area contributed by atoms with Crippen LogP contribution in [-0.2, 0) is 14.8 Å². The van der Waals surface area contributed by atoms with Gasteiger partial charge in [-0.1, -0.05) is 12.1 Å². The predicted octanol–water partition coefficient (Wildman–Crippen LogP) is 2.26. The molecular formula is C22H28N2O6S. The van der Waals surface area contributed by atoms with E-state index < -0.39 is 10.0 Å². The van der Waals surface area contributed by atoms with Gasteiger partial charge in [0.1, 0.15) is 18.1 Å². The lowest BCUT2D eigenvalue weighted by Gasteiger charge is -2.34. The molecule has 1 aliphatic rings. The fourth-order valence-corrected chi connectivity index (χ4v) is 4.74.